The molecule has 0 bridgehead atoms. The van der Waals surface area contributed by atoms with E-state index in [0.29, 0.717) is 22.1 Å². The third-order valence-electron chi connectivity index (χ3n) is 2.62. The van der Waals surface area contributed by atoms with E-state index in [1.807, 2.05) is 67.8 Å². The molecule has 120 valence electrons. The lowest BCUT2D eigenvalue weighted by atomic mass is 10.1. The van der Waals surface area contributed by atoms with Crippen LogP contribution in [0, 0.1) is 10.7 Å². The zero-order valence-electron chi connectivity index (χ0n) is 11.0. The number of carboxylic acid groups (broad SMARTS) is 2. The standard InChI is InChI=1S/C12H11I3N2O5/c13-7-6(12(21)22)8(14)11(9(15)10(7)16)17-4(18)2-1-3-5(19)20/h1-3,16H2,(H,17,18)(H,19,20)(H,21,22). The van der Waals surface area contributed by atoms with Gasteiger partial charge >= 0.3 is 11.9 Å². The van der Waals surface area contributed by atoms with Crippen LogP contribution in [0.4, 0.5) is 11.4 Å². The van der Waals surface area contributed by atoms with Gasteiger partial charge in [-0.05, 0) is 74.2 Å². The summed E-state index contributed by atoms with van der Waals surface area (Å²) in [5, 5.41) is 20.5. The van der Waals surface area contributed by atoms with Gasteiger partial charge in [-0.15, -0.1) is 0 Å². The maximum atomic E-state index is 11.9. The molecule has 0 atom stereocenters. The van der Waals surface area contributed by atoms with Crippen molar-refractivity contribution >= 4 is 97.0 Å². The fraction of sp³-hybridized carbons (Fsp3) is 0.250. The molecule has 0 aromatic heterocycles. The number of benzene rings is 1. The van der Waals surface area contributed by atoms with Gasteiger partial charge in [0, 0.05) is 12.8 Å². The predicted octanol–water partition coefficient (Wildman–Crippen LogP) is 2.97. The van der Waals surface area contributed by atoms with Crippen LogP contribution < -0.4 is 11.1 Å². The van der Waals surface area contributed by atoms with Crippen LogP contribution in [0.2, 0.25) is 0 Å². The van der Waals surface area contributed by atoms with E-state index in [-0.39, 0.29) is 30.7 Å². The number of anilines is 2. The second-order valence-corrected chi connectivity index (χ2v) is 7.44. The molecule has 1 aromatic carbocycles. The zero-order valence-corrected chi connectivity index (χ0v) is 17.4. The SMILES string of the molecule is Nc1c(I)c(NC(=O)CCCC(=O)O)c(I)c(C(=O)O)c1I. The average Bonchev–Trinajstić information content (AvgIpc) is 2.40. The molecule has 0 unspecified atom stereocenters. The van der Waals surface area contributed by atoms with Crippen molar-refractivity contribution in [3.63, 3.8) is 0 Å². The number of hydrogen-bond acceptors (Lipinski definition) is 4. The molecule has 1 amide bonds. The third kappa shape index (κ3) is 4.81. The Morgan fingerprint density at radius 1 is 1.00 bits per heavy atom. The van der Waals surface area contributed by atoms with E-state index in [1.54, 1.807) is 0 Å². The number of halogens is 3. The van der Waals surface area contributed by atoms with Crippen LogP contribution in [0.3, 0.4) is 0 Å². The van der Waals surface area contributed by atoms with Crippen LogP contribution in [-0.2, 0) is 9.59 Å². The summed E-state index contributed by atoms with van der Waals surface area (Å²) in [6.45, 7) is 0. The number of amides is 1. The summed E-state index contributed by atoms with van der Waals surface area (Å²) in [4.78, 5) is 33.7. The van der Waals surface area contributed by atoms with Gasteiger partial charge in [-0.3, -0.25) is 9.59 Å². The molecule has 0 spiro atoms. The molecule has 1 aromatic rings. The van der Waals surface area contributed by atoms with Gasteiger partial charge in [-0.1, -0.05) is 0 Å². The van der Waals surface area contributed by atoms with Crippen molar-refractivity contribution in [3.05, 3.63) is 16.3 Å². The molecule has 0 aliphatic carbocycles. The van der Waals surface area contributed by atoms with E-state index in [2.05, 4.69) is 5.32 Å². The monoisotopic (exact) mass is 644 g/mol. The molecule has 5 N–H and O–H groups in total. The first kappa shape index (κ1) is 19.7. The van der Waals surface area contributed by atoms with E-state index in [1.165, 1.54) is 0 Å². The fourth-order valence-electron chi connectivity index (χ4n) is 1.58. The molecule has 10 heteroatoms. The summed E-state index contributed by atoms with van der Waals surface area (Å²) >= 11 is 5.65. The minimum atomic E-state index is -1.13. The molecule has 22 heavy (non-hydrogen) atoms. The molecular weight excluding hydrogens is 633 g/mol. The third-order valence-corrected chi connectivity index (χ3v) is 5.94. The van der Waals surface area contributed by atoms with Gasteiger partial charge in [0.2, 0.25) is 5.91 Å². The van der Waals surface area contributed by atoms with Crippen molar-refractivity contribution in [2.45, 2.75) is 19.3 Å². The molecule has 0 aliphatic rings. The van der Waals surface area contributed by atoms with Crippen LogP contribution >= 0.6 is 67.8 Å². The Bertz CT molecular complexity index is 648. The Balaban J connectivity index is 3.07. The predicted molar refractivity (Wildman–Crippen MR) is 106 cm³/mol. The van der Waals surface area contributed by atoms with E-state index in [4.69, 9.17) is 10.8 Å². The molecule has 0 heterocycles. The van der Waals surface area contributed by atoms with Crippen LogP contribution in [0.15, 0.2) is 0 Å². The first-order valence-corrected chi connectivity index (χ1v) is 9.11. The van der Waals surface area contributed by atoms with Crippen LogP contribution in [-0.4, -0.2) is 28.1 Å². The second kappa shape index (κ2) is 8.47. The maximum Gasteiger partial charge on any atom is 0.338 e. The van der Waals surface area contributed by atoms with Crippen molar-refractivity contribution in [1.29, 1.82) is 0 Å². The van der Waals surface area contributed by atoms with Crippen molar-refractivity contribution in [2.24, 2.45) is 0 Å². The van der Waals surface area contributed by atoms with Gasteiger partial charge < -0.3 is 21.3 Å². The van der Waals surface area contributed by atoms with E-state index in [0.717, 1.165) is 0 Å². The first-order chi connectivity index (χ1) is 10.2. The number of hydrogen-bond donors (Lipinski definition) is 4. The lowest BCUT2D eigenvalue weighted by Crippen LogP contribution is -2.17. The quantitative estimate of drug-likeness (QED) is 0.279. The minimum Gasteiger partial charge on any atom is -0.481 e. The lowest BCUT2D eigenvalue weighted by Gasteiger charge is -2.16. The first-order valence-electron chi connectivity index (χ1n) is 5.87. The highest BCUT2D eigenvalue weighted by Gasteiger charge is 2.23. The summed E-state index contributed by atoms with van der Waals surface area (Å²) in [5.41, 5.74) is 6.57. The highest BCUT2D eigenvalue weighted by molar-refractivity contribution is 14.1. The normalized spacial score (nSPS) is 10.3. The maximum absolute atomic E-state index is 11.9. The minimum absolute atomic E-state index is 0.0345. The van der Waals surface area contributed by atoms with Gasteiger partial charge in [0.1, 0.15) is 0 Å². The number of nitrogens with one attached hydrogen (secondary N) is 1. The van der Waals surface area contributed by atoms with Gasteiger partial charge in [-0.2, -0.15) is 0 Å². The number of carboxylic acids is 2. The van der Waals surface area contributed by atoms with Crippen LogP contribution in [0.25, 0.3) is 0 Å². The molecule has 0 fully saturated rings. The Morgan fingerprint density at radius 2 is 1.59 bits per heavy atom. The van der Waals surface area contributed by atoms with E-state index < -0.39 is 11.9 Å². The molecule has 0 saturated heterocycles. The zero-order chi connectivity index (χ0) is 17.0. The number of rotatable bonds is 6. The smallest absolute Gasteiger partial charge is 0.338 e. The topological polar surface area (TPSA) is 130 Å². The lowest BCUT2D eigenvalue weighted by molar-refractivity contribution is -0.137. The molecule has 0 radical (unpaired) electrons. The number of nitrogens with two attached hydrogens (primary N) is 1. The number of carbonyl (C=O) groups is 3. The van der Waals surface area contributed by atoms with Crippen LogP contribution in [0.5, 0.6) is 0 Å². The largest absolute Gasteiger partial charge is 0.481 e. The highest BCUT2D eigenvalue weighted by atomic mass is 127. The summed E-state index contributed by atoms with van der Waals surface area (Å²) in [7, 11) is 0. The summed E-state index contributed by atoms with van der Waals surface area (Å²) in [6, 6.07) is 0. The molecule has 1 rings (SSSR count). The molecule has 7 nitrogen and oxygen atoms in total. The molecular formula is C12H11I3N2O5. The van der Waals surface area contributed by atoms with Gasteiger partial charge in [0.15, 0.2) is 0 Å². The summed E-state index contributed by atoms with van der Waals surface area (Å²) < 4.78 is 1.37. The number of nitrogen functional groups attached to an aromatic ring is 1. The van der Waals surface area contributed by atoms with Crippen molar-refractivity contribution < 1.29 is 24.6 Å². The Kier molecular flexibility index (Phi) is 7.57. The molecule has 0 saturated carbocycles. The Labute approximate surface area is 166 Å². The van der Waals surface area contributed by atoms with E-state index in [9.17, 15) is 19.5 Å². The Morgan fingerprint density at radius 3 is 2.09 bits per heavy atom. The van der Waals surface area contributed by atoms with Gasteiger partial charge in [0.25, 0.3) is 0 Å². The van der Waals surface area contributed by atoms with Gasteiger partial charge in [-0.25, -0.2) is 4.79 Å². The number of aromatic carboxylic acids is 1. The number of carbonyl (C=O) groups excluding carboxylic acids is 1. The summed E-state index contributed by atoms with van der Waals surface area (Å²) in [5.74, 6) is -2.48. The molecule has 0 aliphatic heterocycles. The van der Waals surface area contributed by atoms with Crippen molar-refractivity contribution in [1.82, 2.24) is 0 Å². The average molecular weight is 644 g/mol. The van der Waals surface area contributed by atoms with Crippen molar-refractivity contribution in [3.8, 4) is 0 Å². The van der Waals surface area contributed by atoms with Gasteiger partial charge in [0.05, 0.1) is 27.6 Å². The highest BCUT2D eigenvalue weighted by Crippen LogP contribution is 2.37. The summed E-state index contributed by atoms with van der Waals surface area (Å²) in [6.07, 6.45) is 0.142. The van der Waals surface area contributed by atoms with Crippen molar-refractivity contribution in [2.75, 3.05) is 11.1 Å². The van der Waals surface area contributed by atoms with Crippen LogP contribution in [0.1, 0.15) is 29.6 Å². The van der Waals surface area contributed by atoms with E-state index >= 15 is 0 Å². The second-order valence-electron chi connectivity index (χ2n) is 4.21. The Hall–Kier alpha value is -0.380. The number of aliphatic carboxylic acids is 1. The fourth-order valence-corrected chi connectivity index (χ4v) is 5.48.